The summed E-state index contributed by atoms with van der Waals surface area (Å²) in [6.45, 7) is 0. The van der Waals surface area contributed by atoms with Gasteiger partial charge in [0.1, 0.15) is 0 Å². The van der Waals surface area contributed by atoms with Gasteiger partial charge in [0.25, 0.3) is 0 Å². The third-order valence-corrected chi connectivity index (χ3v) is 0. The van der Waals surface area contributed by atoms with Gasteiger partial charge in [-0.2, -0.15) is 0 Å². The van der Waals surface area contributed by atoms with Crippen molar-refractivity contribution in [3.8, 4) is 0 Å². The molecule has 10 heteroatoms. The molecule has 0 saturated carbocycles. The zero-order chi connectivity index (χ0) is 10.7. The van der Waals surface area contributed by atoms with E-state index in [4.69, 9.17) is 45.0 Å². The molecule has 0 aromatic heterocycles. The molecule has 9 nitrogen and oxygen atoms in total. The molecule has 0 heterocycles. The molecule has 0 N–H and O–H groups in total. The summed E-state index contributed by atoms with van der Waals surface area (Å²) in [5.74, 6) is 0. The van der Waals surface area contributed by atoms with E-state index in [1.807, 2.05) is 0 Å². The second-order valence-corrected chi connectivity index (χ2v) is 0.750. The Balaban J connectivity index is -0.0000000450. The number of rotatable bonds is 0. The molecule has 0 aromatic rings. The number of hydrogen-bond acceptors (Lipinski definition) is 9. The van der Waals surface area contributed by atoms with Crippen LogP contribution in [0.3, 0.4) is 0 Å². The molecular weight excluding hydrogens is 418 g/mol. The first-order valence-electron chi connectivity index (χ1n) is 1.84. The maximum Gasteiger partial charge on any atom is 6.00 e. The predicted molar refractivity (Wildman–Crippen MR) is 16.2 cm³/mol. The topological polar surface area (TPSA) is 190 Å². The Labute approximate surface area is 94.6 Å². The van der Waals surface area contributed by atoms with E-state index in [1.165, 1.54) is 0 Å². The maximum atomic E-state index is 8.33. The molecule has 0 unspecified atom stereocenters. The molecule has 0 aliphatic carbocycles. The Morgan fingerprint density at radius 3 is 0.538 bits per heavy atom. The van der Waals surface area contributed by atoms with Crippen molar-refractivity contribution in [2.75, 3.05) is 0 Å². The van der Waals surface area contributed by atoms with Gasteiger partial charge in [0.15, 0.2) is 0 Å². The molecule has 0 aliphatic rings. The van der Waals surface area contributed by atoms with Crippen molar-refractivity contribution in [3.05, 3.63) is 0 Å². The van der Waals surface area contributed by atoms with Crippen LogP contribution in [0.25, 0.3) is 0 Å². The van der Waals surface area contributed by atoms with E-state index in [2.05, 4.69) is 0 Å². The second kappa shape index (κ2) is 17.1. The van der Waals surface area contributed by atoms with E-state index in [9.17, 15) is 0 Å². The molecule has 0 spiro atoms. The standard InChI is InChI=1S/3CH2O3.U/c3*2-1(3)4;/h3*(H2,2,3,4);/q;;;+6/p-6. The van der Waals surface area contributed by atoms with Crippen molar-refractivity contribution in [2.24, 2.45) is 0 Å². The minimum absolute atomic E-state index is 0. The summed E-state index contributed by atoms with van der Waals surface area (Å²) in [6.07, 6.45) is -7.00. The van der Waals surface area contributed by atoms with E-state index in [0.29, 0.717) is 0 Å². The third-order valence-electron chi connectivity index (χ3n) is 0. The third kappa shape index (κ3) is 659. The average molecular weight is 418 g/mol. The summed E-state index contributed by atoms with van der Waals surface area (Å²) >= 11 is 0. The summed E-state index contributed by atoms with van der Waals surface area (Å²) < 4.78 is 0. The number of carbonyl (C=O) groups excluding carboxylic acids is 3. The van der Waals surface area contributed by atoms with Crippen LogP contribution >= 0.6 is 0 Å². The van der Waals surface area contributed by atoms with Gasteiger partial charge in [-0.15, -0.1) is 0 Å². The van der Waals surface area contributed by atoms with Gasteiger partial charge in [0, 0.05) is 0 Å². The van der Waals surface area contributed by atoms with Crippen molar-refractivity contribution in [3.63, 3.8) is 0 Å². The quantitative estimate of drug-likeness (QED) is 0.368. The van der Waals surface area contributed by atoms with Crippen LogP contribution in [0.1, 0.15) is 0 Å². The maximum absolute atomic E-state index is 8.33. The summed E-state index contributed by atoms with van der Waals surface area (Å²) in [4.78, 5) is 25.0. The Kier molecular flexibility index (Phi) is 29.8. The molecule has 70 valence electrons. The zero-order valence-corrected chi connectivity index (χ0v) is 9.84. The van der Waals surface area contributed by atoms with Gasteiger partial charge in [-0.3, -0.25) is 0 Å². The van der Waals surface area contributed by atoms with Gasteiger partial charge in [0.2, 0.25) is 0 Å². The monoisotopic (exact) mass is 418 g/mol. The Bertz CT molecular complexity index is 112. The first-order valence-corrected chi connectivity index (χ1v) is 1.84. The summed E-state index contributed by atoms with van der Waals surface area (Å²) in [6, 6.07) is 0. The van der Waals surface area contributed by atoms with E-state index < -0.39 is 18.5 Å². The van der Waals surface area contributed by atoms with Crippen LogP contribution in [0, 0.1) is 31.1 Å². The average Bonchev–Trinajstić information content (AvgIpc) is 1.54. The minimum Gasteiger partial charge on any atom is -0.652 e. The molecule has 0 atom stereocenters. The Morgan fingerprint density at radius 2 is 0.538 bits per heavy atom. The van der Waals surface area contributed by atoms with Crippen LogP contribution in [0.15, 0.2) is 0 Å². The van der Waals surface area contributed by atoms with Crippen LogP contribution < -0.4 is 30.6 Å². The number of carboxylic acid groups (broad SMARTS) is 6. The smallest absolute Gasteiger partial charge is 0.652 e. The van der Waals surface area contributed by atoms with E-state index in [-0.39, 0.29) is 31.1 Å². The molecular formula is C3O9U. The molecule has 0 aromatic carbocycles. The van der Waals surface area contributed by atoms with Gasteiger partial charge in [0.05, 0.1) is 0 Å². The number of hydrogen-bond donors (Lipinski definition) is 0. The molecule has 0 rings (SSSR count). The molecule has 0 amide bonds. The van der Waals surface area contributed by atoms with Crippen LogP contribution in [-0.2, 0) is 0 Å². The van der Waals surface area contributed by atoms with Crippen LogP contribution in [0.2, 0.25) is 0 Å². The number of carbonyl (C=O) groups is 3. The van der Waals surface area contributed by atoms with E-state index in [1.54, 1.807) is 0 Å². The van der Waals surface area contributed by atoms with Gasteiger partial charge in [-0.25, -0.2) is 0 Å². The summed E-state index contributed by atoms with van der Waals surface area (Å²) in [5.41, 5.74) is 0. The zero-order valence-electron chi connectivity index (χ0n) is 5.67. The van der Waals surface area contributed by atoms with Gasteiger partial charge in [-0.05, 0) is 18.5 Å². The molecule has 0 bridgehead atoms. The van der Waals surface area contributed by atoms with Crippen molar-refractivity contribution in [1.82, 2.24) is 0 Å². The van der Waals surface area contributed by atoms with Crippen molar-refractivity contribution < 1.29 is 76.1 Å². The molecule has 0 aliphatic heterocycles. The van der Waals surface area contributed by atoms with Crippen LogP contribution in [0.4, 0.5) is 14.4 Å². The summed E-state index contributed by atoms with van der Waals surface area (Å²) in [7, 11) is 0. The molecule has 13 heavy (non-hydrogen) atoms. The Hall–Kier alpha value is -1.14. The van der Waals surface area contributed by atoms with E-state index in [0.717, 1.165) is 0 Å². The van der Waals surface area contributed by atoms with Crippen molar-refractivity contribution in [1.29, 1.82) is 0 Å². The van der Waals surface area contributed by atoms with Crippen molar-refractivity contribution in [2.45, 2.75) is 0 Å². The first kappa shape index (κ1) is 22.6. The fourth-order valence-corrected chi connectivity index (χ4v) is 0. The molecule has 0 saturated heterocycles. The largest absolute Gasteiger partial charge is 6.00 e. The predicted octanol–water partition coefficient (Wildman–Crippen LogP) is -7.34. The van der Waals surface area contributed by atoms with E-state index >= 15 is 0 Å². The minimum atomic E-state index is -2.33. The first-order chi connectivity index (χ1) is 5.20. The molecule has 0 radical (unpaired) electrons. The SMILES string of the molecule is O=C([O-])[O-].O=C([O-])[O-].O=C([O-])[O-].[U+6]. The van der Waals surface area contributed by atoms with Crippen LogP contribution in [0.5, 0.6) is 0 Å². The summed E-state index contributed by atoms with van der Waals surface area (Å²) in [5, 5.41) is 50.0. The normalized spacial score (nSPS) is 5.54. The Morgan fingerprint density at radius 1 is 0.538 bits per heavy atom. The molecule has 0 fully saturated rings. The fraction of sp³-hybridized carbons (Fsp3) is 0. The van der Waals surface area contributed by atoms with Crippen LogP contribution in [-0.4, -0.2) is 18.5 Å². The fourth-order valence-electron chi connectivity index (χ4n) is 0. The van der Waals surface area contributed by atoms with Crippen molar-refractivity contribution >= 4 is 18.5 Å². The second-order valence-electron chi connectivity index (χ2n) is 0.750. The van der Waals surface area contributed by atoms with Gasteiger partial charge >= 0.3 is 31.1 Å². The van der Waals surface area contributed by atoms with Gasteiger partial charge in [-0.1, -0.05) is 0 Å². The van der Waals surface area contributed by atoms with Gasteiger partial charge < -0.3 is 45.0 Å².